The van der Waals surface area contributed by atoms with Crippen LogP contribution < -0.4 is 0 Å². The minimum absolute atomic E-state index is 0.485. The van der Waals surface area contributed by atoms with E-state index in [-0.39, 0.29) is 0 Å². The fourth-order valence-corrected chi connectivity index (χ4v) is 9.26. The maximum atomic E-state index is 10.2. The van der Waals surface area contributed by atoms with E-state index in [4.69, 9.17) is 15.0 Å². The molecular weight excluding hydrogens is 781 g/mol. The third-order valence-electron chi connectivity index (χ3n) is 12.2. The first-order valence-corrected chi connectivity index (χ1v) is 21.3. The number of aromatic nitrogens is 5. The average molecular weight is 817 g/mol. The van der Waals surface area contributed by atoms with E-state index >= 15 is 0 Å². The number of para-hydroxylation sites is 3. The van der Waals surface area contributed by atoms with Crippen molar-refractivity contribution in [3.63, 3.8) is 0 Å². The Balaban J connectivity index is 1.05. The first kappa shape index (κ1) is 36.9. The molecule has 0 aliphatic rings. The van der Waals surface area contributed by atoms with E-state index in [1.807, 2.05) is 78.9 Å². The first-order chi connectivity index (χ1) is 31.7. The highest BCUT2D eigenvalue weighted by Crippen LogP contribution is 2.41. The van der Waals surface area contributed by atoms with Crippen LogP contribution in [0.5, 0.6) is 0 Å². The Hall–Kier alpha value is -8.92. The van der Waals surface area contributed by atoms with Crippen molar-refractivity contribution in [2.75, 3.05) is 0 Å². The molecule has 64 heavy (non-hydrogen) atoms. The average Bonchev–Trinajstić information content (AvgIpc) is 3.89. The summed E-state index contributed by atoms with van der Waals surface area (Å²) in [5.41, 5.74) is 13.9. The van der Waals surface area contributed by atoms with Crippen LogP contribution in [0.1, 0.15) is 5.56 Å². The van der Waals surface area contributed by atoms with Gasteiger partial charge in [-0.1, -0.05) is 158 Å². The SMILES string of the molecule is N#Cc1ccc(-n2c3ccccc3c3cc(-c4ccc(-n5c6ccccc6c6ccccc65)c(-c5ccccc5)c4)ccc32)c(-c2nc(-c3ccccc3)nc(-c3ccccc3)n2)c1. The molecule has 0 bridgehead atoms. The molecule has 3 aromatic heterocycles. The molecule has 9 aromatic carbocycles. The molecule has 12 rings (SSSR count). The van der Waals surface area contributed by atoms with E-state index in [0.717, 1.165) is 72.1 Å². The van der Waals surface area contributed by atoms with Gasteiger partial charge in [-0.15, -0.1) is 0 Å². The van der Waals surface area contributed by atoms with Crippen molar-refractivity contribution in [1.29, 1.82) is 5.26 Å². The third-order valence-corrected chi connectivity index (χ3v) is 12.2. The third kappa shape index (κ3) is 6.14. The van der Waals surface area contributed by atoms with Crippen molar-refractivity contribution in [1.82, 2.24) is 24.1 Å². The molecule has 0 radical (unpaired) electrons. The molecule has 6 heteroatoms. The van der Waals surface area contributed by atoms with Crippen molar-refractivity contribution in [2.45, 2.75) is 0 Å². The summed E-state index contributed by atoms with van der Waals surface area (Å²) in [7, 11) is 0. The molecule has 0 N–H and O–H groups in total. The van der Waals surface area contributed by atoms with Gasteiger partial charge >= 0.3 is 0 Å². The molecule has 3 heterocycles. The molecular formula is C58H36N6. The van der Waals surface area contributed by atoms with Crippen molar-refractivity contribution in [3.8, 4) is 73.9 Å². The Bertz CT molecular complexity index is 3680. The molecule has 0 saturated carbocycles. The van der Waals surface area contributed by atoms with Crippen LogP contribution in [0.4, 0.5) is 0 Å². The second-order valence-corrected chi connectivity index (χ2v) is 15.9. The molecule has 0 atom stereocenters. The Morgan fingerprint density at radius 3 is 1.30 bits per heavy atom. The summed E-state index contributed by atoms with van der Waals surface area (Å²) in [4.78, 5) is 15.2. The second-order valence-electron chi connectivity index (χ2n) is 15.9. The van der Waals surface area contributed by atoms with Crippen LogP contribution in [0.25, 0.3) is 111 Å². The molecule has 0 aliphatic heterocycles. The van der Waals surface area contributed by atoms with E-state index in [9.17, 15) is 5.26 Å². The summed E-state index contributed by atoms with van der Waals surface area (Å²) in [5.74, 6) is 1.60. The molecule has 0 aliphatic carbocycles. The van der Waals surface area contributed by atoms with Crippen LogP contribution in [0, 0.1) is 11.3 Å². The minimum atomic E-state index is 0.485. The van der Waals surface area contributed by atoms with E-state index < -0.39 is 0 Å². The zero-order valence-electron chi connectivity index (χ0n) is 34.5. The fraction of sp³-hybridized carbons (Fsp3) is 0. The van der Waals surface area contributed by atoms with Crippen LogP contribution in [-0.4, -0.2) is 24.1 Å². The van der Waals surface area contributed by atoms with E-state index in [2.05, 4.69) is 155 Å². The predicted molar refractivity (Wildman–Crippen MR) is 260 cm³/mol. The minimum Gasteiger partial charge on any atom is -0.309 e. The summed E-state index contributed by atoms with van der Waals surface area (Å²) >= 11 is 0. The van der Waals surface area contributed by atoms with Gasteiger partial charge in [0.25, 0.3) is 0 Å². The normalized spacial score (nSPS) is 11.4. The number of benzene rings is 9. The van der Waals surface area contributed by atoms with Gasteiger partial charge in [0.05, 0.1) is 45.1 Å². The van der Waals surface area contributed by atoms with E-state index in [1.165, 1.54) is 21.8 Å². The number of nitriles is 1. The fourth-order valence-electron chi connectivity index (χ4n) is 9.26. The largest absolute Gasteiger partial charge is 0.309 e. The number of hydrogen-bond donors (Lipinski definition) is 0. The summed E-state index contributed by atoms with van der Waals surface area (Å²) in [5, 5.41) is 14.9. The van der Waals surface area contributed by atoms with Crippen molar-refractivity contribution in [2.24, 2.45) is 0 Å². The zero-order valence-corrected chi connectivity index (χ0v) is 34.5. The van der Waals surface area contributed by atoms with E-state index in [1.54, 1.807) is 0 Å². The molecule has 0 unspecified atom stereocenters. The number of fused-ring (bicyclic) bond motifs is 6. The maximum absolute atomic E-state index is 10.2. The highest BCUT2D eigenvalue weighted by atomic mass is 15.1. The van der Waals surface area contributed by atoms with Crippen molar-refractivity contribution in [3.05, 3.63) is 224 Å². The highest BCUT2D eigenvalue weighted by Gasteiger charge is 2.22. The maximum Gasteiger partial charge on any atom is 0.166 e. The molecule has 0 amide bonds. The van der Waals surface area contributed by atoms with Gasteiger partial charge in [0.2, 0.25) is 0 Å². The molecule has 0 spiro atoms. The Morgan fingerprint density at radius 2 is 0.734 bits per heavy atom. The molecule has 0 fully saturated rings. The van der Waals surface area contributed by atoms with Gasteiger partial charge in [-0.3, -0.25) is 0 Å². The quantitative estimate of drug-likeness (QED) is 0.161. The van der Waals surface area contributed by atoms with Crippen LogP contribution in [0.3, 0.4) is 0 Å². The molecule has 0 saturated heterocycles. The van der Waals surface area contributed by atoms with Crippen LogP contribution in [0.15, 0.2) is 218 Å². The number of nitrogens with zero attached hydrogens (tertiary/aromatic N) is 6. The monoisotopic (exact) mass is 816 g/mol. The molecule has 6 nitrogen and oxygen atoms in total. The molecule has 12 aromatic rings. The second kappa shape index (κ2) is 15.2. The lowest BCUT2D eigenvalue weighted by atomic mass is 9.96. The first-order valence-electron chi connectivity index (χ1n) is 21.3. The van der Waals surface area contributed by atoms with Gasteiger partial charge in [-0.2, -0.15) is 5.26 Å². The number of hydrogen-bond acceptors (Lipinski definition) is 4. The Kier molecular flexibility index (Phi) is 8.77. The Labute approximate surface area is 369 Å². The Morgan fingerprint density at radius 1 is 0.312 bits per heavy atom. The van der Waals surface area contributed by atoms with Gasteiger partial charge in [-0.25, -0.2) is 15.0 Å². The van der Waals surface area contributed by atoms with Gasteiger partial charge in [-0.05, 0) is 77.4 Å². The van der Waals surface area contributed by atoms with Gasteiger partial charge < -0.3 is 9.13 Å². The summed E-state index contributed by atoms with van der Waals surface area (Å²) in [6, 6.07) is 78.2. The van der Waals surface area contributed by atoms with Crippen molar-refractivity contribution >= 4 is 43.6 Å². The lowest BCUT2D eigenvalue weighted by Crippen LogP contribution is -2.04. The standard InChI is InChI=1S/C58H36N6/c59-37-38-28-31-55(49(34-38)58-61-56(40-18-6-2-7-19-40)60-57(62-58)41-20-8-3-9-21-41)64-52-27-15-12-24-46(52)48-36-43(30-33-54(48)64)42-29-32-53(47(35-42)39-16-4-1-5-17-39)63-50-25-13-10-22-44(50)45-23-11-14-26-51(45)63/h1-36H. The van der Waals surface area contributed by atoms with Gasteiger partial charge in [0.1, 0.15) is 0 Å². The van der Waals surface area contributed by atoms with Crippen LogP contribution >= 0.6 is 0 Å². The smallest absolute Gasteiger partial charge is 0.166 e. The topological polar surface area (TPSA) is 72.3 Å². The summed E-state index contributed by atoms with van der Waals surface area (Å²) in [6.07, 6.45) is 0. The lowest BCUT2D eigenvalue weighted by Gasteiger charge is -2.16. The number of rotatable bonds is 7. The van der Waals surface area contributed by atoms with Crippen LogP contribution in [-0.2, 0) is 0 Å². The van der Waals surface area contributed by atoms with Gasteiger partial charge in [0.15, 0.2) is 17.5 Å². The molecule has 298 valence electrons. The highest BCUT2D eigenvalue weighted by molar-refractivity contribution is 6.12. The van der Waals surface area contributed by atoms with Crippen molar-refractivity contribution < 1.29 is 0 Å². The lowest BCUT2D eigenvalue weighted by molar-refractivity contribution is 1.06. The zero-order chi connectivity index (χ0) is 42.6. The summed E-state index contributed by atoms with van der Waals surface area (Å²) in [6.45, 7) is 0. The van der Waals surface area contributed by atoms with Crippen LogP contribution in [0.2, 0.25) is 0 Å². The summed E-state index contributed by atoms with van der Waals surface area (Å²) < 4.78 is 4.68. The van der Waals surface area contributed by atoms with Gasteiger partial charge in [0, 0.05) is 43.8 Å². The van der Waals surface area contributed by atoms with E-state index in [0.29, 0.717) is 23.0 Å². The predicted octanol–water partition coefficient (Wildman–Crippen LogP) is 14.3.